The zero-order valence-corrected chi connectivity index (χ0v) is 14.1. The Bertz CT molecular complexity index is 1130. The molecule has 0 saturated heterocycles. The van der Waals surface area contributed by atoms with Crippen molar-refractivity contribution in [3.63, 3.8) is 0 Å². The van der Waals surface area contributed by atoms with Crippen LogP contribution in [0, 0.1) is 5.95 Å². The first-order chi connectivity index (χ1) is 12.8. The second-order valence-corrected chi connectivity index (χ2v) is 6.01. The Morgan fingerprint density at radius 2 is 1.89 bits per heavy atom. The summed E-state index contributed by atoms with van der Waals surface area (Å²) >= 11 is 0. The van der Waals surface area contributed by atoms with Crippen molar-refractivity contribution in [1.82, 2.24) is 24.1 Å². The molecule has 27 heavy (non-hydrogen) atoms. The van der Waals surface area contributed by atoms with Crippen molar-refractivity contribution in [1.29, 1.82) is 0 Å². The van der Waals surface area contributed by atoms with Gasteiger partial charge in [-0.2, -0.15) is 17.6 Å². The van der Waals surface area contributed by atoms with Gasteiger partial charge < -0.3 is 9.13 Å². The summed E-state index contributed by atoms with van der Waals surface area (Å²) in [5, 5.41) is 0. The number of aromatic nitrogens is 5. The number of pyridine rings is 1. The van der Waals surface area contributed by atoms with Crippen LogP contribution in [0.3, 0.4) is 0 Å². The predicted molar refractivity (Wildman–Crippen MR) is 90.2 cm³/mol. The van der Waals surface area contributed by atoms with E-state index in [9.17, 15) is 17.6 Å². The number of rotatable bonds is 3. The van der Waals surface area contributed by atoms with Gasteiger partial charge in [0.25, 0.3) is 0 Å². The van der Waals surface area contributed by atoms with Crippen LogP contribution >= 0.6 is 0 Å². The maximum absolute atomic E-state index is 13.4. The van der Waals surface area contributed by atoms with Crippen LogP contribution in [0.2, 0.25) is 0 Å². The van der Waals surface area contributed by atoms with Crippen LogP contribution in [0.4, 0.5) is 17.6 Å². The van der Waals surface area contributed by atoms with Crippen molar-refractivity contribution in [3.8, 4) is 11.5 Å². The van der Waals surface area contributed by atoms with Crippen molar-refractivity contribution < 1.29 is 17.6 Å². The smallest absolute Gasteiger partial charge is 0.330 e. The number of hydrogen-bond acceptors (Lipinski definition) is 3. The molecule has 0 aliphatic rings. The van der Waals surface area contributed by atoms with E-state index < -0.39 is 17.7 Å². The molecule has 0 fully saturated rings. The molecule has 138 valence electrons. The van der Waals surface area contributed by atoms with Crippen LogP contribution in [0.5, 0.6) is 0 Å². The highest BCUT2D eigenvalue weighted by molar-refractivity contribution is 5.77. The molecule has 0 radical (unpaired) electrons. The van der Waals surface area contributed by atoms with E-state index in [1.165, 1.54) is 18.2 Å². The summed E-state index contributed by atoms with van der Waals surface area (Å²) in [6, 6.07) is 7.84. The Hall–Kier alpha value is -3.23. The monoisotopic (exact) mass is 375 g/mol. The highest BCUT2D eigenvalue weighted by atomic mass is 19.4. The summed E-state index contributed by atoms with van der Waals surface area (Å²) < 4.78 is 55.6. The number of hydrogen-bond donors (Lipinski definition) is 0. The largest absolute Gasteiger partial charge is 0.416 e. The lowest BCUT2D eigenvalue weighted by atomic mass is 10.2. The Morgan fingerprint density at radius 1 is 1.07 bits per heavy atom. The van der Waals surface area contributed by atoms with E-state index in [2.05, 4.69) is 15.0 Å². The predicted octanol–water partition coefficient (Wildman–Crippen LogP) is 4.04. The minimum Gasteiger partial charge on any atom is -0.330 e. The van der Waals surface area contributed by atoms with Gasteiger partial charge in [0.05, 0.1) is 23.1 Å². The third kappa shape index (κ3) is 3.16. The third-order valence-electron chi connectivity index (χ3n) is 4.27. The standard InChI is InChI=1S/C18H13F4N5/c1-26-14-9-11(18(20,21)22)5-6-12(14)25-16(26)10-27-8-7-23-17(27)13-3-2-4-15(19)24-13/h2-9H,10H2,1H3. The van der Waals surface area contributed by atoms with Crippen molar-refractivity contribution in [2.75, 3.05) is 0 Å². The number of fused-ring (bicyclic) bond motifs is 1. The highest BCUT2D eigenvalue weighted by Gasteiger charge is 2.31. The summed E-state index contributed by atoms with van der Waals surface area (Å²) in [7, 11) is 1.65. The first-order valence-corrected chi connectivity index (χ1v) is 7.99. The van der Waals surface area contributed by atoms with Gasteiger partial charge in [-0.15, -0.1) is 0 Å². The maximum Gasteiger partial charge on any atom is 0.416 e. The van der Waals surface area contributed by atoms with E-state index in [0.29, 0.717) is 28.4 Å². The van der Waals surface area contributed by atoms with Crippen LogP contribution in [-0.4, -0.2) is 24.1 Å². The van der Waals surface area contributed by atoms with Crippen molar-refractivity contribution >= 4 is 11.0 Å². The van der Waals surface area contributed by atoms with Gasteiger partial charge in [-0.1, -0.05) is 6.07 Å². The topological polar surface area (TPSA) is 48.5 Å². The average molecular weight is 375 g/mol. The highest BCUT2D eigenvalue weighted by Crippen LogP contribution is 2.31. The summed E-state index contributed by atoms with van der Waals surface area (Å²) in [5.41, 5.74) is 0.478. The molecular formula is C18H13F4N5. The molecule has 0 bridgehead atoms. The molecule has 0 amide bonds. The Balaban J connectivity index is 1.73. The molecule has 0 aliphatic carbocycles. The van der Waals surface area contributed by atoms with E-state index in [1.54, 1.807) is 34.6 Å². The second kappa shape index (κ2) is 6.19. The molecule has 5 nitrogen and oxygen atoms in total. The van der Waals surface area contributed by atoms with Crippen LogP contribution in [-0.2, 0) is 19.8 Å². The lowest BCUT2D eigenvalue weighted by Crippen LogP contribution is -2.08. The van der Waals surface area contributed by atoms with E-state index in [0.717, 1.165) is 12.1 Å². The van der Waals surface area contributed by atoms with Gasteiger partial charge in [-0.25, -0.2) is 15.0 Å². The number of benzene rings is 1. The maximum atomic E-state index is 13.4. The summed E-state index contributed by atoms with van der Waals surface area (Å²) in [6.45, 7) is 0.250. The zero-order valence-electron chi connectivity index (χ0n) is 14.1. The van der Waals surface area contributed by atoms with E-state index in [-0.39, 0.29) is 6.54 Å². The van der Waals surface area contributed by atoms with Gasteiger partial charge >= 0.3 is 6.18 Å². The Labute approximate surface area is 150 Å². The summed E-state index contributed by atoms with van der Waals surface area (Å²) in [4.78, 5) is 12.4. The van der Waals surface area contributed by atoms with E-state index >= 15 is 0 Å². The third-order valence-corrected chi connectivity index (χ3v) is 4.27. The fraction of sp³-hybridized carbons (Fsp3) is 0.167. The number of nitrogens with zero attached hydrogens (tertiary/aromatic N) is 5. The molecule has 3 aromatic heterocycles. The lowest BCUT2D eigenvalue weighted by Gasteiger charge is -2.08. The van der Waals surface area contributed by atoms with E-state index in [1.807, 2.05) is 0 Å². The van der Waals surface area contributed by atoms with Gasteiger partial charge in [0.15, 0.2) is 5.82 Å². The molecule has 0 aliphatic heterocycles. The summed E-state index contributed by atoms with van der Waals surface area (Å²) in [6.07, 6.45) is -1.19. The summed E-state index contributed by atoms with van der Waals surface area (Å²) in [5.74, 6) is 0.363. The molecule has 0 atom stereocenters. The Morgan fingerprint density at radius 3 is 2.63 bits per heavy atom. The molecule has 9 heteroatoms. The molecule has 0 N–H and O–H groups in total. The van der Waals surface area contributed by atoms with Gasteiger partial charge in [0.2, 0.25) is 5.95 Å². The molecule has 0 spiro atoms. The number of alkyl halides is 3. The number of imidazole rings is 2. The zero-order chi connectivity index (χ0) is 19.2. The first-order valence-electron chi connectivity index (χ1n) is 7.99. The minimum atomic E-state index is -4.42. The minimum absolute atomic E-state index is 0.250. The number of aryl methyl sites for hydroxylation is 1. The molecule has 0 saturated carbocycles. The van der Waals surface area contributed by atoms with Crippen molar-refractivity contribution in [2.24, 2.45) is 7.05 Å². The fourth-order valence-corrected chi connectivity index (χ4v) is 2.91. The van der Waals surface area contributed by atoms with Crippen LogP contribution in [0.15, 0.2) is 48.8 Å². The van der Waals surface area contributed by atoms with Crippen LogP contribution < -0.4 is 0 Å². The SMILES string of the molecule is Cn1c(Cn2ccnc2-c2cccc(F)n2)nc2ccc(C(F)(F)F)cc21. The first kappa shape index (κ1) is 17.2. The van der Waals surface area contributed by atoms with Gasteiger partial charge in [0.1, 0.15) is 11.5 Å². The van der Waals surface area contributed by atoms with Crippen molar-refractivity contribution in [3.05, 3.63) is 66.1 Å². The van der Waals surface area contributed by atoms with Crippen LogP contribution in [0.1, 0.15) is 11.4 Å². The quantitative estimate of drug-likeness (QED) is 0.401. The molecule has 0 unspecified atom stereocenters. The molecule has 1 aromatic carbocycles. The van der Waals surface area contributed by atoms with E-state index in [4.69, 9.17) is 0 Å². The van der Waals surface area contributed by atoms with Gasteiger partial charge in [-0.05, 0) is 30.3 Å². The number of halogens is 4. The molecular weight excluding hydrogens is 362 g/mol. The Kier molecular flexibility index (Phi) is 3.94. The molecule has 4 rings (SSSR count). The normalized spacial score (nSPS) is 12.0. The average Bonchev–Trinajstić information content (AvgIpc) is 3.19. The van der Waals surface area contributed by atoms with Crippen LogP contribution in [0.25, 0.3) is 22.6 Å². The lowest BCUT2D eigenvalue weighted by molar-refractivity contribution is -0.137. The molecule has 4 aromatic rings. The van der Waals surface area contributed by atoms with Crippen molar-refractivity contribution in [2.45, 2.75) is 12.7 Å². The van der Waals surface area contributed by atoms with Gasteiger partial charge in [0, 0.05) is 19.4 Å². The molecule has 3 heterocycles. The fourth-order valence-electron chi connectivity index (χ4n) is 2.91. The van der Waals surface area contributed by atoms with Gasteiger partial charge in [-0.3, -0.25) is 0 Å². The second-order valence-electron chi connectivity index (χ2n) is 6.01.